The van der Waals surface area contributed by atoms with Gasteiger partial charge in [0, 0.05) is 22.3 Å². The van der Waals surface area contributed by atoms with Gasteiger partial charge in [-0.25, -0.2) is 4.98 Å². The van der Waals surface area contributed by atoms with Gasteiger partial charge in [0.2, 0.25) is 5.91 Å². The summed E-state index contributed by atoms with van der Waals surface area (Å²) in [5, 5.41) is 3.31. The number of hydrogen-bond donors (Lipinski definition) is 1. The van der Waals surface area contributed by atoms with E-state index in [0.717, 1.165) is 20.9 Å². The highest BCUT2D eigenvalue weighted by Gasteiger charge is 2.17. The number of anilines is 1. The van der Waals surface area contributed by atoms with Gasteiger partial charge in [-0.3, -0.25) is 19.0 Å². The first-order valence-electron chi connectivity index (χ1n) is 9.92. The van der Waals surface area contributed by atoms with Crippen LogP contribution in [0.25, 0.3) is 20.7 Å². The molecular formula is C24H21N3O3S2. The lowest BCUT2D eigenvalue weighted by Crippen LogP contribution is -2.24. The van der Waals surface area contributed by atoms with Crippen molar-refractivity contribution in [1.82, 2.24) is 9.55 Å². The smallest absolute Gasteiger partial charge is 0.262 e. The van der Waals surface area contributed by atoms with Crippen LogP contribution in [0, 0.1) is 6.92 Å². The van der Waals surface area contributed by atoms with Crippen LogP contribution in [-0.4, -0.2) is 27.5 Å². The Morgan fingerprint density at radius 3 is 2.59 bits per heavy atom. The summed E-state index contributed by atoms with van der Waals surface area (Å²) >= 11 is 2.92. The summed E-state index contributed by atoms with van der Waals surface area (Å²) in [6.45, 7) is 3.25. The number of Topliss-reactive ketones (excluding diaryl/α,β-unsaturated/α-hetero) is 1. The van der Waals surface area contributed by atoms with Crippen molar-refractivity contribution in [2.75, 3.05) is 11.6 Å². The van der Waals surface area contributed by atoms with Crippen molar-refractivity contribution < 1.29 is 9.59 Å². The summed E-state index contributed by atoms with van der Waals surface area (Å²) in [5.41, 5.74) is 2.82. The predicted octanol–water partition coefficient (Wildman–Crippen LogP) is 5.00. The lowest BCUT2D eigenvalue weighted by Gasteiger charge is -2.10. The van der Waals surface area contributed by atoms with Gasteiger partial charge >= 0.3 is 0 Å². The zero-order chi connectivity index (χ0) is 22.8. The lowest BCUT2D eigenvalue weighted by atomic mass is 10.1. The van der Waals surface area contributed by atoms with E-state index < -0.39 is 0 Å². The number of benzene rings is 2. The summed E-state index contributed by atoms with van der Waals surface area (Å²) in [4.78, 5) is 44.4. The van der Waals surface area contributed by atoms with Crippen molar-refractivity contribution in [2.24, 2.45) is 0 Å². The second kappa shape index (κ2) is 9.10. The molecule has 32 heavy (non-hydrogen) atoms. The highest BCUT2D eigenvalue weighted by Crippen LogP contribution is 2.35. The Hall–Kier alpha value is -3.23. The minimum absolute atomic E-state index is 0.106. The minimum Gasteiger partial charge on any atom is -0.325 e. The molecule has 0 unspecified atom stereocenters. The van der Waals surface area contributed by atoms with E-state index >= 15 is 0 Å². The minimum atomic E-state index is -0.223. The van der Waals surface area contributed by atoms with Crippen LogP contribution in [0.15, 0.2) is 64.5 Å². The molecule has 8 heteroatoms. The van der Waals surface area contributed by atoms with E-state index in [0.29, 0.717) is 21.5 Å². The second-order valence-corrected chi connectivity index (χ2v) is 9.15. The molecular weight excluding hydrogens is 442 g/mol. The van der Waals surface area contributed by atoms with E-state index in [2.05, 4.69) is 10.3 Å². The summed E-state index contributed by atoms with van der Waals surface area (Å²) < 4.78 is 1.36. The number of carbonyl (C=O) groups excluding carboxylic acids is 2. The molecule has 2 aromatic heterocycles. The fourth-order valence-corrected chi connectivity index (χ4v) is 5.27. The molecule has 0 radical (unpaired) electrons. The van der Waals surface area contributed by atoms with Crippen LogP contribution in [0.5, 0.6) is 0 Å². The predicted molar refractivity (Wildman–Crippen MR) is 131 cm³/mol. The topological polar surface area (TPSA) is 81.1 Å². The number of amides is 1. The van der Waals surface area contributed by atoms with Gasteiger partial charge in [-0.2, -0.15) is 0 Å². The van der Waals surface area contributed by atoms with Gasteiger partial charge < -0.3 is 5.32 Å². The van der Waals surface area contributed by atoms with Gasteiger partial charge in [-0.1, -0.05) is 30.3 Å². The Morgan fingerprint density at radius 2 is 1.91 bits per heavy atom. The van der Waals surface area contributed by atoms with Crippen LogP contribution in [-0.2, 0) is 11.3 Å². The summed E-state index contributed by atoms with van der Waals surface area (Å²) in [6.07, 6.45) is 3.31. The van der Waals surface area contributed by atoms with E-state index in [9.17, 15) is 14.4 Å². The van der Waals surface area contributed by atoms with Crippen LogP contribution < -0.4 is 10.9 Å². The average Bonchev–Trinajstić information content (AvgIpc) is 3.13. The van der Waals surface area contributed by atoms with Crippen molar-refractivity contribution >= 4 is 50.7 Å². The molecule has 1 N–H and O–H groups in total. The number of thiophene rings is 1. The summed E-state index contributed by atoms with van der Waals surface area (Å²) in [6, 6.07) is 15.0. The van der Waals surface area contributed by atoms with Crippen molar-refractivity contribution in [1.29, 1.82) is 0 Å². The molecule has 0 aliphatic carbocycles. The van der Waals surface area contributed by atoms with Crippen LogP contribution >= 0.6 is 23.1 Å². The average molecular weight is 464 g/mol. The number of fused-ring (bicyclic) bond motifs is 1. The van der Waals surface area contributed by atoms with E-state index in [1.54, 1.807) is 18.2 Å². The zero-order valence-corrected chi connectivity index (χ0v) is 19.5. The highest BCUT2D eigenvalue weighted by molar-refractivity contribution is 7.98. The standard InChI is InChI=1S/C24H21N3O3S2/c1-14-21-23(32-22(14)16-7-5-4-6-8-16)25-13-27(24(21)30)12-19(29)17-9-10-18(26-15(2)28)20(11-17)31-3/h4-11,13H,12H2,1-3H3,(H,26,28). The molecule has 6 nitrogen and oxygen atoms in total. The number of rotatable bonds is 6. The molecule has 0 aliphatic heterocycles. The third kappa shape index (κ3) is 4.24. The number of nitrogens with zero attached hydrogens (tertiary/aromatic N) is 2. The SMILES string of the molecule is CSc1cc(C(=O)Cn2cnc3sc(-c4ccccc4)c(C)c3c2=O)ccc1NC(C)=O. The number of ketones is 1. The maximum Gasteiger partial charge on any atom is 0.262 e. The molecule has 0 fully saturated rings. The van der Waals surface area contributed by atoms with Crippen LogP contribution in [0.3, 0.4) is 0 Å². The van der Waals surface area contributed by atoms with Crippen molar-refractivity contribution in [2.45, 2.75) is 25.3 Å². The quantitative estimate of drug-likeness (QED) is 0.322. The van der Waals surface area contributed by atoms with Gasteiger partial charge in [0.1, 0.15) is 4.83 Å². The molecule has 0 saturated heterocycles. The lowest BCUT2D eigenvalue weighted by molar-refractivity contribution is -0.114. The molecule has 1 amide bonds. The number of aryl methyl sites for hydroxylation is 1. The summed E-state index contributed by atoms with van der Waals surface area (Å²) in [5.74, 6) is -0.375. The molecule has 4 aromatic rings. The highest BCUT2D eigenvalue weighted by atomic mass is 32.2. The first kappa shape index (κ1) is 22.0. The zero-order valence-electron chi connectivity index (χ0n) is 17.8. The van der Waals surface area contributed by atoms with Crippen LogP contribution in [0.1, 0.15) is 22.8 Å². The van der Waals surface area contributed by atoms with Crippen LogP contribution in [0.2, 0.25) is 0 Å². The molecule has 0 atom stereocenters. The maximum absolute atomic E-state index is 13.2. The largest absolute Gasteiger partial charge is 0.325 e. The number of thioether (sulfide) groups is 1. The molecule has 2 heterocycles. The second-order valence-electron chi connectivity index (χ2n) is 7.30. The molecule has 4 rings (SSSR count). The van der Waals surface area contributed by atoms with Crippen molar-refractivity contribution in [3.05, 3.63) is 76.3 Å². The van der Waals surface area contributed by atoms with Gasteiger partial charge in [-0.15, -0.1) is 23.1 Å². The molecule has 162 valence electrons. The van der Waals surface area contributed by atoms with E-state index in [4.69, 9.17) is 0 Å². The Bertz CT molecular complexity index is 1390. The van der Waals surface area contributed by atoms with Crippen molar-refractivity contribution in [3.63, 3.8) is 0 Å². The van der Waals surface area contributed by atoms with E-state index in [1.165, 1.54) is 40.9 Å². The Balaban J connectivity index is 1.67. The van der Waals surface area contributed by atoms with Gasteiger partial charge in [0.15, 0.2) is 5.78 Å². The third-order valence-corrected chi connectivity index (χ3v) is 7.13. The van der Waals surface area contributed by atoms with E-state index in [1.807, 2.05) is 43.5 Å². The van der Waals surface area contributed by atoms with Gasteiger partial charge in [-0.05, 0) is 42.5 Å². The molecule has 0 aliphatic rings. The summed E-state index contributed by atoms with van der Waals surface area (Å²) in [7, 11) is 0. The monoisotopic (exact) mass is 463 g/mol. The normalized spacial score (nSPS) is 11.0. The van der Waals surface area contributed by atoms with Gasteiger partial charge in [0.25, 0.3) is 5.56 Å². The molecule has 0 saturated carbocycles. The number of aromatic nitrogens is 2. The first-order chi connectivity index (χ1) is 15.4. The number of carbonyl (C=O) groups is 2. The Labute approximate surface area is 193 Å². The number of hydrogen-bond acceptors (Lipinski definition) is 6. The third-order valence-electron chi connectivity index (χ3n) is 5.10. The maximum atomic E-state index is 13.2. The fraction of sp³-hybridized carbons (Fsp3) is 0.167. The number of nitrogens with one attached hydrogen (secondary N) is 1. The van der Waals surface area contributed by atoms with E-state index in [-0.39, 0.29) is 23.8 Å². The van der Waals surface area contributed by atoms with Crippen LogP contribution in [0.4, 0.5) is 5.69 Å². The first-order valence-corrected chi connectivity index (χ1v) is 12.0. The Kier molecular flexibility index (Phi) is 6.25. The van der Waals surface area contributed by atoms with Crippen molar-refractivity contribution in [3.8, 4) is 10.4 Å². The molecule has 0 spiro atoms. The van der Waals surface area contributed by atoms with Gasteiger partial charge in [0.05, 0.1) is 23.9 Å². The Morgan fingerprint density at radius 1 is 1.16 bits per heavy atom. The fourth-order valence-electron chi connectivity index (χ4n) is 3.54. The molecule has 2 aromatic carbocycles. The molecule has 0 bridgehead atoms.